The Morgan fingerprint density at radius 1 is 1.38 bits per heavy atom. The number of piperidine rings is 1. The number of piperazine rings is 1. The van der Waals surface area contributed by atoms with Crippen molar-refractivity contribution in [2.45, 2.75) is 44.8 Å². The zero-order chi connectivity index (χ0) is 17.9. The van der Waals surface area contributed by atoms with Crippen molar-refractivity contribution in [2.24, 2.45) is 5.92 Å². The number of amides is 3. The second-order valence-corrected chi connectivity index (χ2v) is 6.45. The van der Waals surface area contributed by atoms with E-state index in [1.807, 2.05) is 13.8 Å². The smallest absolute Gasteiger partial charge is 0.329 e. The Hall–Kier alpha value is -2.16. The van der Waals surface area contributed by atoms with Crippen molar-refractivity contribution in [3.8, 4) is 0 Å². The molecule has 2 rings (SSSR count). The van der Waals surface area contributed by atoms with Gasteiger partial charge < -0.3 is 25.4 Å². The lowest BCUT2D eigenvalue weighted by Crippen LogP contribution is -2.67. The van der Waals surface area contributed by atoms with Gasteiger partial charge in [-0.25, -0.2) is 4.79 Å². The minimum absolute atomic E-state index is 0.0196. The predicted octanol–water partition coefficient (Wildman–Crippen LogP) is -1.28. The van der Waals surface area contributed by atoms with E-state index in [1.165, 1.54) is 0 Å². The molecule has 0 aliphatic carbocycles. The number of carboxylic acid groups (broad SMARTS) is 1. The number of fused-ring (bicyclic) bond motifs is 1. The molecular weight excluding hydrogens is 318 g/mol. The summed E-state index contributed by atoms with van der Waals surface area (Å²) < 4.78 is 4.73. The Morgan fingerprint density at radius 3 is 2.71 bits per heavy atom. The Labute approximate surface area is 139 Å². The lowest BCUT2D eigenvalue weighted by Gasteiger charge is -2.45. The highest BCUT2D eigenvalue weighted by Gasteiger charge is 2.44. The number of nitrogens with one attached hydrogen (secondary N) is 2. The zero-order valence-electron chi connectivity index (χ0n) is 13.8. The summed E-state index contributed by atoms with van der Waals surface area (Å²) >= 11 is 0. The Bertz CT molecular complexity index is 535. The first-order chi connectivity index (χ1) is 11.3. The molecule has 2 heterocycles. The van der Waals surface area contributed by atoms with Crippen LogP contribution in [0.1, 0.15) is 26.7 Å². The molecular formula is C15H23N3O6. The van der Waals surface area contributed by atoms with Crippen molar-refractivity contribution in [1.82, 2.24) is 15.5 Å². The molecule has 3 unspecified atom stereocenters. The van der Waals surface area contributed by atoms with E-state index in [0.29, 0.717) is 19.4 Å². The normalized spacial score (nSPS) is 26.8. The highest BCUT2D eigenvalue weighted by atomic mass is 16.5. The third-order valence-electron chi connectivity index (χ3n) is 4.24. The van der Waals surface area contributed by atoms with Gasteiger partial charge in [0, 0.05) is 12.6 Å². The molecule has 0 aromatic heterocycles. The van der Waals surface area contributed by atoms with Gasteiger partial charge in [0.2, 0.25) is 17.7 Å². The highest BCUT2D eigenvalue weighted by Crippen LogP contribution is 2.24. The van der Waals surface area contributed by atoms with Gasteiger partial charge in [0.05, 0.1) is 0 Å². The number of carboxylic acids is 1. The van der Waals surface area contributed by atoms with Crippen LogP contribution in [0.4, 0.5) is 0 Å². The van der Waals surface area contributed by atoms with Gasteiger partial charge in [-0.3, -0.25) is 14.4 Å². The van der Waals surface area contributed by atoms with E-state index in [1.54, 1.807) is 4.90 Å². The quantitative estimate of drug-likeness (QED) is 0.552. The maximum Gasteiger partial charge on any atom is 0.329 e. The van der Waals surface area contributed by atoms with E-state index in [0.717, 1.165) is 0 Å². The molecule has 0 aromatic carbocycles. The number of aliphatic carboxylic acids is 1. The fourth-order valence-electron chi connectivity index (χ4n) is 3.05. The Balaban J connectivity index is 1.88. The van der Waals surface area contributed by atoms with Gasteiger partial charge in [0.15, 0.2) is 0 Å². The van der Waals surface area contributed by atoms with Gasteiger partial charge in [0.1, 0.15) is 25.3 Å². The van der Waals surface area contributed by atoms with Crippen LogP contribution >= 0.6 is 0 Å². The molecule has 0 radical (unpaired) electrons. The summed E-state index contributed by atoms with van der Waals surface area (Å²) in [5.74, 6) is -1.84. The second-order valence-electron chi connectivity index (χ2n) is 6.45. The van der Waals surface area contributed by atoms with Gasteiger partial charge in [-0.05, 0) is 18.8 Å². The van der Waals surface area contributed by atoms with Gasteiger partial charge in [-0.2, -0.15) is 0 Å². The topological polar surface area (TPSA) is 125 Å². The minimum Gasteiger partial charge on any atom is -0.480 e. The van der Waals surface area contributed by atoms with Crippen LogP contribution in [0.15, 0.2) is 0 Å². The molecule has 0 bridgehead atoms. The molecule has 3 amide bonds. The van der Waals surface area contributed by atoms with Crippen LogP contribution in [0, 0.1) is 5.92 Å². The molecule has 2 aliphatic heterocycles. The first kappa shape index (κ1) is 18.2. The predicted molar refractivity (Wildman–Crippen MR) is 81.9 cm³/mol. The van der Waals surface area contributed by atoms with E-state index in [4.69, 9.17) is 9.84 Å². The largest absolute Gasteiger partial charge is 0.480 e. The summed E-state index contributed by atoms with van der Waals surface area (Å²) in [6.45, 7) is 3.28. The zero-order valence-corrected chi connectivity index (χ0v) is 13.8. The number of hydrogen-bond donors (Lipinski definition) is 3. The van der Waals surface area contributed by atoms with Crippen LogP contribution in [-0.4, -0.2) is 71.6 Å². The summed E-state index contributed by atoms with van der Waals surface area (Å²) in [7, 11) is 0. The molecule has 2 saturated heterocycles. The number of nitrogens with zero attached hydrogens (tertiary/aromatic N) is 1. The number of rotatable bonds is 6. The van der Waals surface area contributed by atoms with E-state index in [9.17, 15) is 19.2 Å². The molecule has 134 valence electrons. The summed E-state index contributed by atoms with van der Waals surface area (Å²) in [5, 5.41) is 13.9. The molecule has 9 heteroatoms. The Kier molecular flexibility index (Phi) is 5.76. The van der Waals surface area contributed by atoms with Gasteiger partial charge >= 0.3 is 5.97 Å². The molecule has 3 atom stereocenters. The number of carbonyl (C=O) groups is 4. The Morgan fingerprint density at radius 2 is 2.08 bits per heavy atom. The van der Waals surface area contributed by atoms with Crippen LogP contribution in [0.2, 0.25) is 0 Å². The lowest BCUT2D eigenvalue weighted by atomic mass is 9.90. The first-order valence-corrected chi connectivity index (χ1v) is 7.99. The summed E-state index contributed by atoms with van der Waals surface area (Å²) in [5.41, 5.74) is 0. The van der Waals surface area contributed by atoms with Crippen molar-refractivity contribution in [2.75, 3.05) is 19.8 Å². The van der Waals surface area contributed by atoms with Crippen LogP contribution in [0.25, 0.3) is 0 Å². The minimum atomic E-state index is -1.15. The molecule has 0 aromatic rings. The summed E-state index contributed by atoms with van der Waals surface area (Å²) in [6.07, 6.45) is 0.887. The summed E-state index contributed by atoms with van der Waals surface area (Å²) in [6, 6.07) is -1.32. The van der Waals surface area contributed by atoms with E-state index in [-0.39, 0.29) is 30.4 Å². The summed E-state index contributed by atoms with van der Waals surface area (Å²) in [4.78, 5) is 48.3. The second kappa shape index (κ2) is 7.61. The van der Waals surface area contributed by atoms with Crippen molar-refractivity contribution >= 4 is 23.7 Å². The average Bonchev–Trinajstić information content (AvgIpc) is 2.50. The van der Waals surface area contributed by atoms with Crippen LogP contribution in [0.3, 0.4) is 0 Å². The fourth-order valence-corrected chi connectivity index (χ4v) is 3.05. The monoisotopic (exact) mass is 341 g/mol. The average molecular weight is 341 g/mol. The lowest BCUT2D eigenvalue weighted by molar-refractivity contribution is -0.153. The molecule has 0 saturated carbocycles. The van der Waals surface area contributed by atoms with Crippen LogP contribution in [-0.2, 0) is 23.9 Å². The van der Waals surface area contributed by atoms with Gasteiger partial charge in [-0.15, -0.1) is 0 Å². The van der Waals surface area contributed by atoms with E-state index >= 15 is 0 Å². The van der Waals surface area contributed by atoms with Crippen LogP contribution < -0.4 is 10.6 Å². The van der Waals surface area contributed by atoms with Crippen molar-refractivity contribution in [1.29, 1.82) is 0 Å². The molecule has 9 nitrogen and oxygen atoms in total. The first-order valence-electron chi connectivity index (χ1n) is 7.99. The van der Waals surface area contributed by atoms with Crippen molar-refractivity contribution < 1.29 is 29.0 Å². The standard InChI is InChI=1S/C15H23N3O6/c1-8(2)13-15(23)18-4-3-9(5-10(18)14(22)17-13)16-11(19)6-24-7-12(20)21/h8-10,13H,3-7H2,1-2H3,(H,16,19)(H,17,22)(H,20,21). The maximum absolute atomic E-state index is 12.4. The molecule has 0 spiro atoms. The number of hydrogen-bond acceptors (Lipinski definition) is 5. The van der Waals surface area contributed by atoms with Gasteiger partial charge in [-0.1, -0.05) is 13.8 Å². The van der Waals surface area contributed by atoms with E-state index in [2.05, 4.69) is 10.6 Å². The number of carbonyl (C=O) groups excluding carboxylic acids is 3. The maximum atomic E-state index is 12.4. The highest BCUT2D eigenvalue weighted by molar-refractivity contribution is 5.97. The van der Waals surface area contributed by atoms with Crippen molar-refractivity contribution in [3.63, 3.8) is 0 Å². The fraction of sp³-hybridized carbons (Fsp3) is 0.733. The molecule has 24 heavy (non-hydrogen) atoms. The van der Waals surface area contributed by atoms with Gasteiger partial charge in [0.25, 0.3) is 0 Å². The number of ether oxygens (including phenoxy) is 1. The van der Waals surface area contributed by atoms with E-state index < -0.39 is 30.6 Å². The molecule has 2 aliphatic rings. The molecule has 2 fully saturated rings. The SMILES string of the molecule is CC(C)C1NC(=O)C2CC(NC(=O)COCC(=O)O)CCN2C1=O. The van der Waals surface area contributed by atoms with Crippen molar-refractivity contribution in [3.05, 3.63) is 0 Å². The van der Waals surface area contributed by atoms with Crippen LogP contribution in [0.5, 0.6) is 0 Å². The third kappa shape index (κ3) is 4.22. The third-order valence-corrected chi connectivity index (χ3v) is 4.24. The molecule has 3 N–H and O–H groups in total.